The standard InChI is InChI=1S/C12H25N3O2S/c1-12(2,3)18(16,17)9-8-15-6-4-10(5-7-15)11(13)14/h10H,4-9H2,1-3H3,(H3,13,14). The van der Waals surface area contributed by atoms with Crippen LogP contribution in [0.4, 0.5) is 0 Å². The van der Waals surface area contributed by atoms with Gasteiger partial charge in [-0.2, -0.15) is 0 Å². The average Bonchev–Trinajstić information content (AvgIpc) is 2.25. The molecule has 0 amide bonds. The van der Waals surface area contributed by atoms with Crippen LogP contribution in [0.25, 0.3) is 0 Å². The van der Waals surface area contributed by atoms with E-state index in [0.717, 1.165) is 25.9 Å². The highest BCUT2D eigenvalue weighted by molar-refractivity contribution is 7.92. The third-order valence-electron chi connectivity index (χ3n) is 3.64. The summed E-state index contributed by atoms with van der Waals surface area (Å²) in [5.41, 5.74) is 5.48. The molecule has 0 aliphatic carbocycles. The first kappa shape index (κ1) is 15.4. The SMILES string of the molecule is CC(C)(C)S(=O)(=O)CCN1CCC(C(=N)N)CC1. The quantitative estimate of drug-likeness (QED) is 0.588. The van der Waals surface area contributed by atoms with Crippen LogP contribution in [0, 0.1) is 11.3 Å². The summed E-state index contributed by atoms with van der Waals surface area (Å²) >= 11 is 0. The molecule has 0 aromatic carbocycles. The fourth-order valence-corrected chi connectivity index (χ4v) is 3.13. The van der Waals surface area contributed by atoms with Gasteiger partial charge < -0.3 is 10.6 Å². The number of nitrogens with one attached hydrogen (secondary N) is 1. The first-order chi connectivity index (χ1) is 8.13. The molecule has 1 fully saturated rings. The Morgan fingerprint density at radius 1 is 1.33 bits per heavy atom. The maximum Gasteiger partial charge on any atom is 0.156 e. The summed E-state index contributed by atoms with van der Waals surface area (Å²) in [6.45, 7) is 7.48. The second-order valence-corrected chi connectivity index (χ2v) is 8.86. The number of hydrogen-bond acceptors (Lipinski definition) is 4. The molecule has 1 saturated heterocycles. The Hall–Kier alpha value is -0.620. The molecule has 0 unspecified atom stereocenters. The van der Waals surface area contributed by atoms with Crippen LogP contribution in [-0.2, 0) is 9.84 Å². The number of nitrogens with two attached hydrogens (primary N) is 1. The minimum atomic E-state index is -3.04. The Labute approximate surface area is 110 Å². The molecular weight excluding hydrogens is 250 g/mol. The van der Waals surface area contributed by atoms with Crippen molar-refractivity contribution in [2.45, 2.75) is 38.4 Å². The molecular formula is C12H25N3O2S. The van der Waals surface area contributed by atoms with Gasteiger partial charge >= 0.3 is 0 Å². The van der Waals surface area contributed by atoms with Gasteiger partial charge in [0.1, 0.15) is 0 Å². The lowest BCUT2D eigenvalue weighted by molar-refractivity contribution is 0.219. The molecule has 3 N–H and O–H groups in total. The molecule has 0 radical (unpaired) electrons. The Kier molecular flexibility index (Phi) is 4.78. The summed E-state index contributed by atoms with van der Waals surface area (Å²) in [4.78, 5) is 2.16. The largest absolute Gasteiger partial charge is 0.387 e. The molecule has 0 spiro atoms. The fourth-order valence-electron chi connectivity index (χ4n) is 2.02. The van der Waals surface area contributed by atoms with Crippen LogP contribution in [0.5, 0.6) is 0 Å². The van der Waals surface area contributed by atoms with Crippen molar-refractivity contribution in [2.24, 2.45) is 11.7 Å². The summed E-state index contributed by atoms with van der Waals surface area (Å²) in [5, 5.41) is 7.40. The molecule has 5 nitrogen and oxygen atoms in total. The van der Waals surface area contributed by atoms with Crippen LogP contribution in [0.3, 0.4) is 0 Å². The molecule has 0 saturated carbocycles. The Bertz CT molecular complexity index is 390. The highest BCUT2D eigenvalue weighted by Gasteiger charge is 2.30. The van der Waals surface area contributed by atoms with E-state index in [4.69, 9.17) is 11.1 Å². The van der Waals surface area contributed by atoms with Gasteiger partial charge in [0.05, 0.1) is 16.3 Å². The van der Waals surface area contributed by atoms with Gasteiger partial charge in [0.15, 0.2) is 9.84 Å². The van der Waals surface area contributed by atoms with Crippen molar-refractivity contribution in [3.8, 4) is 0 Å². The van der Waals surface area contributed by atoms with Crippen LogP contribution >= 0.6 is 0 Å². The molecule has 0 bridgehead atoms. The summed E-state index contributed by atoms with van der Waals surface area (Å²) in [5.74, 6) is 0.652. The zero-order chi connectivity index (χ0) is 14.0. The van der Waals surface area contributed by atoms with Crippen LogP contribution in [0.1, 0.15) is 33.6 Å². The summed E-state index contributed by atoms with van der Waals surface area (Å²) in [6.07, 6.45) is 1.73. The predicted molar refractivity (Wildman–Crippen MR) is 74.6 cm³/mol. The Morgan fingerprint density at radius 2 is 1.83 bits per heavy atom. The highest BCUT2D eigenvalue weighted by Crippen LogP contribution is 2.19. The number of rotatable bonds is 4. The zero-order valence-corrected chi connectivity index (χ0v) is 12.4. The number of amidine groups is 1. The minimum Gasteiger partial charge on any atom is -0.387 e. The molecule has 0 atom stereocenters. The molecule has 6 heteroatoms. The number of hydrogen-bond donors (Lipinski definition) is 2. The van der Waals surface area contributed by atoms with E-state index in [2.05, 4.69) is 4.90 Å². The summed E-state index contributed by atoms with van der Waals surface area (Å²) in [6, 6.07) is 0. The van der Waals surface area contributed by atoms with Crippen LogP contribution in [0.2, 0.25) is 0 Å². The average molecular weight is 275 g/mol. The lowest BCUT2D eigenvalue weighted by Crippen LogP contribution is -2.42. The molecule has 0 aromatic rings. The Balaban J connectivity index is 2.42. The molecule has 0 aromatic heterocycles. The first-order valence-electron chi connectivity index (χ1n) is 6.42. The van der Waals surface area contributed by atoms with E-state index in [0.29, 0.717) is 6.54 Å². The molecule has 1 rings (SSSR count). The second-order valence-electron chi connectivity index (χ2n) is 6.00. The van der Waals surface area contributed by atoms with Crippen molar-refractivity contribution in [1.82, 2.24) is 4.90 Å². The number of likely N-dealkylation sites (tertiary alicyclic amines) is 1. The van der Waals surface area contributed by atoms with Crippen molar-refractivity contribution in [2.75, 3.05) is 25.4 Å². The summed E-state index contributed by atoms with van der Waals surface area (Å²) < 4.78 is 23.3. The smallest absolute Gasteiger partial charge is 0.156 e. The van der Waals surface area contributed by atoms with Crippen molar-refractivity contribution in [1.29, 1.82) is 5.41 Å². The van der Waals surface area contributed by atoms with Crippen LogP contribution < -0.4 is 5.73 Å². The molecule has 106 valence electrons. The van der Waals surface area contributed by atoms with Crippen molar-refractivity contribution in [3.05, 3.63) is 0 Å². The molecule has 1 aliphatic heterocycles. The third-order valence-corrected chi connectivity index (χ3v) is 6.22. The summed E-state index contributed by atoms with van der Waals surface area (Å²) in [7, 11) is -3.04. The lowest BCUT2D eigenvalue weighted by atomic mass is 9.96. The lowest BCUT2D eigenvalue weighted by Gasteiger charge is -2.32. The monoisotopic (exact) mass is 275 g/mol. The zero-order valence-electron chi connectivity index (χ0n) is 11.6. The number of nitrogens with zero attached hydrogens (tertiary/aromatic N) is 1. The Morgan fingerprint density at radius 3 is 2.22 bits per heavy atom. The van der Waals surface area contributed by atoms with Gasteiger partial charge in [-0.25, -0.2) is 8.42 Å². The van der Waals surface area contributed by atoms with Gasteiger partial charge in [-0.15, -0.1) is 0 Å². The van der Waals surface area contributed by atoms with Gasteiger partial charge in [0, 0.05) is 12.5 Å². The number of piperidine rings is 1. The molecule has 18 heavy (non-hydrogen) atoms. The van der Waals surface area contributed by atoms with Gasteiger partial charge in [-0.3, -0.25) is 5.41 Å². The third kappa shape index (κ3) is 3.95. The van der Waals surface area contributed by atoms with Crippen molar-refractivity contribution in [3.63, 3.8) is 0 Å². The predicted octanol–water partition coefficient (Wildman–Crippen LogP) is 0.848. The number of sulfone groups is 1. The van der Waals surface area contributed by atoms with E-state index in [1.54, 1.807) is 20.8 Å². The topological polar surface area (TPSA) is 87.2 Å². The van der Waals surface area contributed by atoms with Gasteiger partial charge in [-0.05, 0) is 46.7 Å². The fraction of sp³-hybridized carbons (Fsp3) is 0.917. The van der Waals surface area contributed by atoms with E-state index in [9.17, 15) is 8.42 Å². The van der Waals surface area contributed by atoms with Crippen molar-refractivity contribution >= 4 is 15.7 Å². The van der Waals surface area contributed by atoms with E-state index in [1.807, 2.05) is 0 Å². The second kappa shape index (κ2) is 5.57. The minimum absolute atomic E-state index is 0.181. The van der Waals surface area contributed by atoms with Gasteiger partial charge in [0.25, 0.3) is 0 Å². The van der Waals surface area contributed by atoms with E-state index in [-0.39, 0.29) is 17.5 Å². The molecule has 1 heterocycles. The normalized spacial score (nSPS) is 19.9. The van der Waals surface area contributed by atoms with E-state index >= 15 is 0 Å². The van der Waals surface area contributed by atoms with E-state index in [1.165, 1.54) is 0 Å². The maximum absolute atomic E-state index is 12.0. The van der Waals surface area contributed by atoms with Crippen LogP contribution in [-0.4, -0.2) is 49.3 Å². The van der Waals surface area contributed by atoms with Crippen molar-refractivity contribution < 1.29 is 8.42 Å². The maximum atomic E-state index is 12.0. The van der Waals surface area contributed by atoms with Gasteiger partial charge in [-0.1, -0.05) is 0 Å². The van der Waals surface area contributed by atoms with E-state index < -0.39 is 14.6 Å². The molecule has 1 aliphatic rings. The van der Waals surface area contributed by atoms with Crippen LogP contribution in [0.15, 0.2) is 0 Å². The van der Waals surface area contributed by atoms with Gasteiger partial charge in [0.2, 0.25) is 0 Å². The first-order valence-corrected chi connectivity index (χ1v) is 8.07. The highest BCUT2D eigenvalue weighted by atomic mass is 32.2.